The molecule has 0 saturated heterocycles. The molecule has 0 unspecified atom stereocenters. The van der Waals surface area contributed by atoms with Crippen molar-refractivity contribution in [3.8, 4) is 11.5 Å². The number of benzene rings is 1. The number of carbonyl (C=O) groups is 2. The van der Waals surface area contributed by atoms with E-state index < -0.39 is 5.82 Å². The Kier molecular flexibility index (Phi) is 18.5. The molecule has 0 amide bonds. The molecular weight excluding hydrogens is 489 g/mol. The number of aryl methyl sites for hydroxylation is 1. The summed E-state index contributed by atoms with van der Waals surface area (Å²) in [6.45, 7) is 3.93. The fourth-order valence-corrected chi connectivity index (χ4v) is 3.44. The van der Waals surface area contributed by atoms with Crippen LogP contribution >= 0.6 is 11.3 Å². The maximum Gasteiger partial charge on any atom is 1.00 e. The van der Waals surface area contributed by atoms with Crippen LogP contribution in [0.2, 0.25) is 0 Å². The normalized spacial score (nSPS) is 9.15. The monoisotopic (exact) mass is 510 g/mol. The van der Waals surface area contributed by atoms with Crippen LogP contribution in [-0.2, 0) is 16.3 Å². The molecule has 34 heavy (non-hydrogen) atoms. The van der Waals surface area contributed by atoms with Gasteiger partial charge in [0.2, 0.25) is 17.5 Å². The van der Waals surface area contributed by atoms with E-state index in [0.717, 1.165) is 14.2 Å². The van der Waals surface area contributed by atoms with Crippen LogP contribution < -0.4 is 69.3 Å². The van der Waals surface area contributed by atoms with Gasteiger partial charge in [-0.15, -0.1) is 11.3 Å². The summed E-state index contributed by atoms with van der Waals surface area (Å²) in [7, 11) is 3.05. The van der Waals surface area contributed by atoms with Crippen LogP contribution in [0.25, 0.3) is 22.4 Å². The van der Waals surface area contributed by atoms with Crippen molar-refractivity contribution >= 4 is 34.8 Å². The van der Waals surface area contributed by atoms with Gasteiger partial charge in [0.15, 0.2) is 5.01 Å². The molecule has 0 atom stereocenters. The predicted octanol–water partition coefficient (Wildman–Crippen LogP) is -4.79. The summed E-state index contributed by atoms with van der Waals surface area (Å²) in [5, 5.41) is 22.8. The molecule has 0 fully saturated rings. The third-order valence-electron chi connectivity index (χ3n) is 3.81. The fraction of sp³-hybridized carbons (Fsp3) is 0.250. The molecule has 1 aromatic carbocycles. The second kappa shape index (κ2) is 18.0. The van der Waals surface area contributed by atoms with Crippen molar-refractivity contribution in [2.45, 2.75) is 13.7 Å². The van der Waals surface area contributed by atoms with Crippen LogP contribution in [-0.4, -0.2) is 53.6 Å². The van der Waals surface area contributed by atoms with Crippen LogP contribution in [0.15, 0.2) is 34.3 Å². The largest absolute Gasteiger partial charge is 1.00 e. The van der Waals surface area contributed by atoms with E-state index in [4.69, 9.17) is 24.3 Å². The fourth-order valence-electron chi connectivity index (χ4n) is 2.70. The average Bonchev–Trinajstić information content (AvgIpc) is 3.57. The van der Waals surface area contributed by atoms with Crippen LogP contribution in [0.3, 0.4) is 0 Å². The number of rotatable bonds is 5. The number of ketones is 1. The Bertz CT molecular complexity index is 1150. The molecule has 3 heterocycles. The molecule has 4 rings (SSSR count). The number of carbonyl (C=O) groups excluding carboxylic acids is 2. The summed E-state index contributed by atoms with van der Waals surface area (Å²) in [5.74, 6) is 0.0281. The minimum atomic E-state index is -0.413. The number of nitrogens with zero attached hydrogens (tertiary/aromatic N) is 4. The molecule has 14 heteroatoms. The summed E-state index contributed by atoms with van der Waals surface area (Å²) in [5.41, 5.74) is 1.53. The number of hydrogen-bond donors (Lipinski definition) is 0. The van der Waals surface area contributed by atoms with Crippen molar-refractivity contribution in [3.63, 3.8) is 0 Å². The van der Waals surface area contributed by atoms with Crippen molar-refractivity contribution in [1.29, 1.82) is 0 Å². The van der Waals surface area contributed by atoms with Crippen molar-refractivity contribution in [2.75, 3.05) is 21.3 Å². The van der Waals surface area contributed by atoms with E-state index in [1.165, 1.54) is 23.5 Å². The van der Waals surface area contributed by atoms with Crippen LogP contribution in [0, 0.1) is 12.7 Å². The van der Waals surface area contributed by atoms with E-state index in [1.54, 1.807) is 36.2 Å². The number of methoxy groups -OCH3 is 1. The maximum absolute atomic E-state index is 13.7. The molecular formula is C20H21FN4Na2O6S. The van der Waals surface area contributed by atoms with Gasteiger partial charge in [-0.2, -0.15) is 19.2 Å². The zero-order valence-corrected chi connectivity index (χ0v) is 24.6. The van der Waals surface area contributed by atoms with Crippen LogP contribution in [0.1, 0.15) is 21.3 Å². The molecule has 0 N–H and O–H groups in total. The molecule has 3 aromatic heterocycles. The molecule has 0 radical (unpaired) electrons. The second-order valence-electron chi connectivity index (χ2n) is 5.60. The zero-order chi connectivity index (χ0) is 24.3. The van der Waals surface area contributed by atoms with E-state index in [-0.39, 0.29) is 76.6 Å². The van der Waals surface area contributed by atoms with Gasteiger partial charge in [0, 0.05) is 31.0 Å². The van der Waals surface area contributed by atoms with E-state index in [2.05, 4.69) is 15.1 Å². The quantitative estimate of drug-likeness (QED) is 0.191. The first kappa shape index (κ1) is 34.8. The smallest absolute Gasteiger partial charge is 0.857 e. The molecule has 0 aliphatic rings. The first-order valence-corrected chi connectivity index (χ1v) is 9.63. The summed E-state index contributed by atoms with van der Waals surface area (Å²) in [6, 6.07) is 4.31. The Morgan fingerprint density at radius 3 is 2.41 bits per heavy atom. The molecule has 0 aliphatic heterocycles. The molecule has 172 valence electrons. The number of aromatic nitrogens is 4. The molecule has 4 aromatic rings. The van der Waals surface area contributed by atoms with E-state index in [0.29, 0.717) is 33.9 Å². The topological polar surface area (TPSA) is 146 Å². The van der Waals surface area contributed by atoms with Crippen molar-refractivity contribution in [1.82, 2.24) is 19.7 Å². The minimum absolute atomic E-state index is 0. The van der Waals surface area contributed by atoms with E-state index >= 15 is 0 Å². The van der Waals surface area contributed by atoms with Gasteiger partial charge in [-0.1, -0.05) is 5.16 Å². The third-order valence-corrected chi connectivity index (χ3v) is 4.65. The third kappa shape index (κ3) is 8.41. The Morgan fingerprint density at radius 1 is 1.21 bits per heavy atom. The van der Waals surface area contributed by atoms with Gasteiger partial charge >= 0.3 is 59.1 Å². The SMILES string of the molecule is C=O.COCn1cc(C(=O)c2nc(-c3noc(C)n3)cs2)c2cc(F)ccc21.C[O-].C[O-].[Na+].[Na+]. The number of ether oxygens (including phenoxy) is 1. The number of halogens is 1. The summed E-state index contributed by atoms with van der Waals surface area (Å²) in [4.78, 5) is 29.4. The Morgan fingerprint density at radius 2 is 1.85 bits per heavy atom. The standard InChI is InChI=1S/C17H13FN4O3S.2CH3O.CH2O.2Na/c1-9-19-16(21-25-9)13-7-26-17(20-13)15(23)12-6-22(8-24-2)14-4-3-10(18)5-11(12)14;3*1-2;;/h3-7H,8H2,1-2H3;2*1H3;1H2;;/q;2*-1;;2*+1. The minimum Gasteiger partial charge on any atom is -0.857 e. The van der Waals surface area contributed by atoms with E-state index in [9.17, 15) is 9.18 Å². The molecule has 0 aliphatic carbocycles. The van der Waals surface area contributed by atoms with Gasteiger partial charge < -0.3 is 28.8 Å². The Balaban J connectivity index is 0. The first-order chi connectivity index (χ1) is 15.6. The van der Waals surface area contributed by atoms with Gasteiger partial charge in [-0.25, -0.2) is 9.37 Å². The summed E-state index contributed by atoms with van der Waals surface area (Å²) in [6.07, 6.45) is 1.65. The summed E-state index contributed by atoms with van der Waals surface area (Å²) < 4.78 is 25.5. The zero-order valence-electron chi connectivity index (χ0n) is 19.8. The van der Waals surface area contributed by atoms with Gasteiger partial charge in [0.05, 0.1) is 11.1 Å². The number of hydrogen-bond acceptors (Lipinski definition) is 10. The molecule has 0 bridgehead atoms. The molecule has 10 nitrogen and oxygen atoms in total. The molecule has 0 spiro atoms. The van der Waals surface area contributed by atoms with Crippen molar-refractivity contribution < 1.29 is 92.6 Å². The van der Waals surface area contributed by atoms with Gasteiger partial charge in [-0.3, -0.25) is 4.79 Å². The Hall–Kier alpha value is -1.32. The number of thiazole rings is 1. The molecule has 0 saturated carbocycles. The van der Waals surface area contributed by atoms with E-state index in [1.807, 2.05) is 6.79 Å². The maximum atomic E-state index is 13.7. The van der Waals surface area contributed by atoms with Crippen molar-refractivity contribution in [3.05, 3.63) is 52.1 Å². The summed E-state index contributed by atoms with van der Waals surface area (Å²) >= 11 is 1.18. The first-order valence-electron chi connectivity index (χ1n) is 8.75. The van der Waals surface area contributed by atoms with Gasteiger partial charge in [0.1, 0.15) is 25.0 Å². The second-order valence-corrected chi connectivity index (χ2v) is 6.45. The average molecular weight is 510 g/mol. The van der Waals surface area contributed by atoms with Crippen LogP contribution in [0.4, 0.5) is 4.39 Å². The van der Waals surface area contributed by atoms with Crippen molar-refractivity contribution in [2.24, 2.45) is 0 Å². The number of fused-ring (bicyclic) bond motifs is 1. The Labute approximate surface area is 243 Å². The van der Waals surface area contributed by atoms with Gasteiger partial charge in [0.25, 0.3) is 0 Å². The van der Waals surface area contributed by atoms with Gasteiger partial charge in [-0.05, 0) is 18.2 Å². The van der Waals surface area contributed by atoms with Crippen LogP contribution in [0.5, 0.6) is 0 Å². The predicted molar refractivity (Wildman–Crippen MR) is 111 cm³/mol.